The molecule has 1 rings (SSSR count). The molecule has 0 saturated heterocycles. The fourth-order valence-electron chi connectivity index (χ4n) is 1.10. The zero-order chi connectivity index (χ0) is 6.91. The summed E-state index contributed by atoms with van der Waals surface area (Å²) < 4.78 is 0. The Bertz CT molecular complexity index is 170. The van der Waals surface area contributed by atoms with Gasteiger partial charge in [0.25, 0.3) is 0 Å². The van der Waals surface area contributed by atoms with E-state index in [-0.39, 0.29) is 11.3 Å². The van der Waals surface area contributed by atoms with Gasteiger partial charge in [-0.3, -0.25) is 0 Å². The molecule has 1 fully saturated rings. The molecule has 0 spiro atoms. The number of aldehydes is 1. The molecule has 0 aromatic carbocycles. The molecule has 0 bridgehead atoms. The third kappa shape index (κ3) is 0.730. The van der Waals surface area contributed by atoms with Crippen LogP contribution in [0.5, 0.6) is 0 Å². The van der Waals surface area contributed by atoms with Gasteiger partial charge in [0.15, 0.2) is 0 Å². The highest BCUT2D eigenvalue weighted by atomic mass is 16.1. The van der Waals surface area contributed by atoms with Crippen LogP contribution in [0.2, 0.25) is 0 Å². The van der Waals surface area contributed by atoms with Crippen LogP contribution in [0, 0.1) is 22.7 Å². The van der Waals surface area contributed by atoms with Gasteiger partial charge in [0.1, 0.15) is 6.29 Å². The molecular formula is C7H9NO. The molecule has 2 nitrogen and oxygen atoms in total. The Hall–Kier alpha value is -0.840. The summed E-state index contributed by atoms with van der Waals surface area (Å²) in [6.45, 7) is 1.84. The van der Waals surface area contributed by atoms with Crippen molar-refractivity contribution in [1.82, 2.24) is 0 Å². The van der Waals surface area contributed by atoms with Crippen LogP contribution in [-0.4, -0.2) is 6.29 Å². The first kappa shape index (κ1) is 6.28. The molecular weight excluding hydrogens is 114 g/mol. The Balaban J connectivity index is 2.64. The van der Waals surface area contributed by atoms with Crippen LogP contribution >= 0.6 is 0 Å². The maximum absolute atomic E-state index is 10.2. The molecule has 2 unspecified atom stereocenters. The van der Waals surface area contributed by atoms with Crippen molar-refractivity contribution in [2.75, 3.05) is 0 Å². The minimum Gasteiger partial charge on any atom is -0.303 e. The second-order valence-corrected chi connectivity index (χ2v) is 2.81. The number of hydrogen-bond acceptors (Lipinski definition) is 2. The molecule has 0 heterocycles. The van der Waals surface area contributed by atoms with E-state index in [1.807, 2.05) is 6.92 Å². The van der Waals surface area contributed by atoms with Crippen molar-refractivity contribution in [2.24, 2.45) is 11.3 Å². The second kappa shape index (κ2) is 1.84. The minimum atomic E-state index is -0.332. The molecule has 0 aromatic rings. The molecule has 2 heteroatoms. The number of nitriles is 1. The van der Waals surface area contributed by atoms with Crippen molar-refractivity contribution >= 4 is 6.29 Å². The van der Waals surface area contributed by atoms with Crippen molar-refractivity contribution in [3.8, 4) is 6.07 Å². The summed E-state index contributed by atoms with van der Waals surface area (Å²) in [7, 11) is 0. The number of nitrogens with zero attached hydrogens (tertiary/aromatic N) is 1. The molecule has 0 aliphatic heterocycles. The molecule has 48 valence electrons. The standard InChI is InChI=1S/C7H9NO/c1-7(5-8)3-2-6(7)4-9/h4,6H,2-3H2,1H3. The predicted octanol–water partition coefficient (Wildman–Crippen LogP) is 1.13. The van der Waals surface area contributed by atoms with Crippen molar-refractivity contribution in [2.45, 2.75) is 19.8 Å². The number of carbonyl (C=O) groups is 1. The summed E-state index contributed by atoms with van der Waals surface area (Å²) in [6, 6.07) is 2.15. The van der Waals surface area contributed by atoms with Gasteiger partial charge in [0.05, 0.1) is 11.5 Å². The molecule has 0 radical (unpaired) electrons. The lowest BCUT2D eigenvalue weighted by molar-refractivity contribution is -0.117. The third-order valence-electron chi connectivity index (χ3n) is 2.21. The largest absolute Gasteiger partial charge is 0.303 e. The highest BCUT2D eigenvalue weighted by Gasteiger charge is 2.42. The van der Waals surface area contributed by atoms with Gasteiger partial charge < -0.3 is 4.79 Å². The van der Waals surface area contributed by atoms with Gasteiger partial charge in [-0.15, -0.1) is 0 Å². The van der Waals surface area contributed by atoms with Gasteiger partial charge in [0, 0.05) is 5.92 Å². The van der Waals surface area contributed by atoms with Gasteiger partial charge in [-0.05, 0) is 19.8 Å². The summed E-state index contributed by atoms with van der Waals surface area (Å²) in [5.74, 6) is 0.00231. The maximum Gasteiger partial charge on any atom is 0.124 e. The first-order chi connectivity index (χ1) is 4.23. The highest BCUT2D eigenvalue weighted by molar-refractivity contribution is 5.58. The summed E-state index contributed by atoms with van der Waals surface area (Å²) >= 11 is 0. The zero-order valence-corrected chi connectivity index (χ0v) is 5.42. The van der Waals surface area contributed by atoms with Crippen molar-refractivity contribution in [3.05, 3.63) is 0 Å². The van der Waals surface area contributed by atoms with Gasteiger partial charge >= 0.3 is 0 Å². The molecule has 9 heavy (non-hydrogen) atoms. The normalized spacial score (nSPS) is 40.7. The highest BCUT2D eigenvalue weighted by Crippen LogP contribution is 2.44. The fraction of sp³-hybridized carbons (Fsp3) is 0.714. The van der Waals surface area contributed by atoms with Crippen LogP contribution in [0.1, 0.15) is 19.8 Å². The van der Waals surface area contributed by atoms with Crippen LogP contribution in [0.3, 0.4) is 0 Å². The Labute approximate surface area is 54.5 Å². The number of carbonyl (C=O) groups excluding carboxylic acids is 1. The van der Waals surface area contributed by atoms with E-state index in [0.29, 0.717) is 0 Å². The lowest BCUT2D eigenvalue weighted by atomic mass is 9.63. The summed E-state index contributed by atoms with van der Waals surface area (Å²) in [6.07, 6.45) is 2.67. The van der Waals surface area contributed by atoms with Crippen LogP contribution in [-0.2, 0) is 4.79 Å². The molecule has 1 aliphatic carbocycles. The van der Waals surface area contributed by atoms with Gasteiger partial charge in [-0.2, -0.15) is 5.26 Å². The van der Waals surface area contributed by atoms with E-state index in [4.69, 9.17) is 5.26 Å². The molecule has 1 aliphatic rings. The Kier molecular flexibility index (Phi) is 1.28. The van der Waals surface area contributed by atoms with Crippen molar-refractivity contribution in [1.29, 1.82) is 5.26 Å². The quantitative estimate of drug-likeness (QED) is 0.490. The summed E-state index contributed by atoms with van der Waals surface area (Å²) in [4.78, 5) is 10.2. The number of hydrogen-bond donors (Lipinski definition) is 0. The number of rotatable bonds is 1. The van der Waals surface area contributed by atoms with E-state index >= 15 is 0 Å². The van der Waals surface area contributed by atoms with Crippen LogP contribution in [0.15, 0.2) is 0 Å². The molecule has 0 aromatic heterocycles. The van der Waals surface area contributed by atoms with Crippen LogP contribution in [0.4, 0.5) is 0 Å². The maximum atomic E-state index is 10.2. The van der Waals surface area contributed by atoms with Gasteiger partial charge in [0.2, 0.25) is 0 Å². The molecule has 0 N–H and O–H groups in total. The van der Waals surface area contributed by atoms with Crippen molar-refractivity contribution in [3.63, 3.8) is 0 Å². The SMILES string of the molecule is CC1(C#N)CCC1C=O. The van der Waals surface area contributed by atoms with Crippen LogP contribution in [0.25, 0.3) is 0 Å². The first-order valence-electron chi connectivity index (χ1n) is 3.09. The van der Waals surface area contributed by atoms with Crippen molar-refractivity contribution < 1.29 is 4.79 Å². The molecule has 1 saturated carbocycles. The summed E-state index contributed by atoms with van der Waals surface area (Å²) in [5.41, 5.74) is -0.332. The Morgan fingerprint density at radius 3 is 2.67 bits per heavy atom. The molecule has 0 amide bonds. The minimum absolute atomic E-state index is 0.00231. The average Bonchev–Trinajstić information content (AvgIpc) is 1.85. The zero-order valence-electron chi connectivity index (χ0n) is 5.42. The van der Waals surface area contributed by atoms with E-state index in [1.165, 1.54) is 0 Å². The fourth-order valence-corrected chi connectivity index (χ4v) is 1.10. The molecule has 2 atom stereocenters. The van der Waals surface area contributed by atoms with Gasteiger partial charge in [-0.1, -0.05) is 0 Å². The van der Waals surface area contributed by atoms with E-state index in [9.17, 15) is 4.79 Å². The Morgan fingerprint density at radius 2 is 2.56 bits per heavy atom. The second-order valence-electron chi connectivity index (χ2n) is 2.81. The average molecular weight is 123 g/mol. The van der Waals surface area contributed by atoms with E-state index in [2.05, 4.69) is 6.07 Å². The predicted molar refractivity (Wildman–Crippen MR) is 32.5 cm³/mol. The lowest BCUT2D eigenvalue weighted by Gasteiger charge is -2.37. The van der Waals surface area contributed by atoms with E-state index in [0.717, 1.165) is 19.1 Å². The van der Waals surface area contributed by atoms with E-state index in [1.54, 1.807) is 0 Å². The smallest absolute Gasteiger partial charge is 0.124 e. The monoisotopic (exact) mass is 123 g/mol. The van der Waals surface area contributed by atoms with Crippen LogP contribution < -0.4 is 0 Å². The topological polar surface area (TPSA) is 40.9 Å². The Morgan fingerprint density at radius 1 is 1.89 bits per heavy atom. The summed E-state index contributed by atoms with van der Waals surface area (Å²) in [5, 5.41) is 8.54. The third-order valence-corrected chi connectivity index (χ3v) is 2.21. The van der Waals surface area contributed by atoms with E-state index < -0.39 is 0 Å². The van der Waals surface area contributed by atoms with Gasteiger partial charge in [-0.25, -0.2) is 0 Å². The lowest BCUT2D eigenvalue weighted by Crippen LogP contribution is -2.36. The first-order valence-corrected chi connectivity index (χ1v) is 3.09.